The molecule has 0 atom stereocenters. The summed E-state index contributed by atoms with van der Waals surface area (Å²) in [7, 11) is 0. The van der Waals surface area contributed by atoms with Crippen LogP contribution in [0.5, 0.6) is 0 Å². The van der Waals surface area contributed by atoms with Crippen LogP contribution in [0, 0.1) is 6.92 Å². The molecule has 0 spiro atoms. The third-order valence-electron chi connectivity index (χ3n) is 2.22. The van der Waals surface area contributed by atoms with Crippen molar-refractivity contribution in [3.8, 4) is 0 Å². The molecule has 0 amide bonds. The van der Waals surface area contributed by atoms with E-state index in [4.69, 9.17) is 0 Å². The first kappa shape index (κ1) is 9.65. The minimum Gasteiger partial charge on any atom is -0.298 e. The van der Waals surface area contributed by atoms with Gasteiger partial charge in [-0.25, -0.2) is 0 Å². The Labute approximate surface area is 88.4 Å². The number of aromatic nitrogens is 2. The Morgan fingerprint density at radius 2 is 2.33 bits per heavy atom. The van der Waals surface area contributed by atoms with E-state index in [1.807, 2.05) is 6.07 Å². The van der Waals surface area contributed by atoms with Crippen molar-refractivity contribution in [1.29, 1.82) is 0 Å². The SMILES string of the molecule is Cc1cccc(Cn2cc(C=O)cn2)c1. The second-order valence-electron chi connectivity index (χ2n) is 3.58. The van der Waals surface area contributed by atoms with Crippen LogP contribution in [0.15, 0.2) is 36.7 Å². The fourth-order valence-electron chi connectivity index (χ4n) is 1.52. The average Bonchev–Trinajstić information content (AvgIpc) is 2.65. The van der Waals surface area contributed by atoms with Gasteiger partial charge in [0.2, 0.25) is 0 Å². The topological polar surface area (TPSA) is 34.9 Å². The van der Waals surface area contributed by atoms with Crippen LogP contribution in [0.4, 0.5) is 0 Å². The van der Waals surface area contributed by atoms with Crippen molar-refractivity contribution in [2.75, 3.05) is 0 Å². The summed E-state index contributed by atoms with van der Waals surface area (Å²) in [6, 6.07) is 8.25. The Morgan fingerprint density at radius 1 is 1.47 bits per heavy atom. The highest BCUT2D eigenvalue weighted by Crippen LogP contribution is 2.06. The van der Waals surface area contributed by atoms with Crippen molar-refractivity contribution < 1.29 is 4.79 Å². The van der Waals surface area contributed by atoms with E-state index < -0.39 is 0 Å². The molecule has 0 saturated carbocycles. The molecule has 76 valence electrons. The first-order chi connectivity index (χ1) is 7.28. The summed E-state index contributed by atoms with van der Waals surface area (Å²) in [6.07, 6.45) is 4.12. The van der Waals surface area contributed by atoms with Crippen LogP contribution in [-0.4, -0.2) is 16.1 Å². The quantitative estimate of drug-likeness (QED) is 0.711. The van der Waals surface area contributed by atoms with E-state index in [2.05, 4.69) is 30.2 Å². The van der Waals surface area contributed by atoms with E-state index in [0.29, 0.717) is 12.1 Å². The number of hydrogen-bond donors (Lipinski definition) is 0. The van der Waals surface area contributed by atoms with Gasteiger partial charge in [0.05, 0.1) is 18.3 Å². The lowest BCUT2D eigenvalue weighted by molar-refractivity contribution is 0.112. The molecule has 2 rings (SSSR count). The molecule has 0 bridgehead atoms. The van der Waals surface area contributed by atoms with Crippen LogP contribution in [-0.2, 0) is 6.54 Å². The number of hydrogen-bond acceptors (Lipinski definition) is 2. The summed E-state index contributed by atoms with van der Waals surface area (Å²) >= 11 is 0. The summed E-state index contributed by atoms with van der Waals surface area (Å²) in [5.74, 6) is 0. The van der Waals surface area contributed by atoms with Gasteiger partial charge in [-0.05, 0) is 12.5 Å². The summed E-state index contributed by atoms with van der Waals surface area (Å²) in [5, 5.41) is 4.10. The van der Waals surface area contributed by atoms with Crippen LogP contribution in [0.2, 0.25) is 0 Å². The lowest BCUT2D eigenvalue weighted by Gasteiger charge is -2.02. The van der Waals surface area contributed by atoms with Crippen LogP contribution in [0.1, 0.15) is 21.5 Å². The minimum atomic E-state index is 0.614. The molecule has 1 aromatic heterocycles. The van der Waals surface area contributed by atoms with Gasteiger partial charge in [0, 0.05) is 6.20 Å². The van der Waals surface area contributed by atoms with Gasteiger partial charge in [0.1, 0.15) is 0 Å². The smallest absolute Gasteiger partial charge is 0.153 e. The molecule has 0 unspecified atom stereocenters. The van der Waals surface area contributed by atoms with Gasteiger partial charge in [-0.15, -0.1) is 0 Å². The molecule has 1 heterocycles. The highest BCUT2D eigenvalue weighted by molar-refractivity contribution is 5.73. The van der Waals surface area contributed by atoms with E-state index in [9.17, 15) is 4.79 Å². The van der Waals surface area contributed by atoms with E-state index >= 15 is 0 Å². The normalized spacial score (nSPS) is 10.2. The van der Waals surface area contributed by atoms with E-state index in [1.165, 1.54) is 11.1 Å². The van der Waals surface area contributed by atoms with Crippen molar-refractivity contribution >= 4 is 6.29 Å². The van der Waals surface area contributed by atoms with Crippen molar-refractivity contribution in [3.63, 3.8) is 0 Å². The number of benzene rings is 1. The molecule has 0 aliphatic carbocycles. The number of aldehydes is 1. The molecule has 2 aromatic rings. The van der Waals surface area contributed by atoms with E-state index in [-0.39, 0.29) is 0 Å². The predicted molar refractivity (Wildman–Crippen MR) is 57.9 cm³/mol. The molecular formula is C12H12N2O. The van der Waals surface area contributed by atoms with Crippen molar-refractivity contribution in [1.82, 2.24) is 9.78 Å². The Kier molecular flexibility index (Phi) is 2.63. The molecule has 3 heteroatoms. The van der Waals surface area contributed by atoms with Gasteiger partial charge in [-0.3, -0.25) is 9.48 Å². The molecule has 0 saturated heterocycles. The zero-order chi connectivity index (χ0) is 10.7. The predicted octanol–water partition coefficient (Wildman–Crippen LogP) is 2.05. The number of aryl methyl sites for hydroxylation is 1. The summed E-state index contributed by atoms with van der Waals surface area (Å²) < 4.78 is 1.76. The Balaban J connectivity index is 2.18. The molecule has 0 radical (unpaired) electrons. The molecule has 15 heavy (non-hydrogen) atoms. The number of rotatable bonds is 3. The van der Waals surface area contributed by atoms with Crippen LogP contribution >= 0.6 is 0 Å². The third-order valence-corrected chi connectivity index (χ3v) is 2.22. The fraction of sp³-hybridized carbons (Fsp3) is 0.167. The van der Waals surface area contributed by atoms with Gasteiger partial charge in [-0.2, -0.15) is 5.10 Å². The molecule has 0 fully saturated rings. The number of nitrogens with zero attached hydrogens (tertiary/aromatic N) is 2. The Morgan fingerprint density at radius 3 is 3.00 bits per heavy atom. The highest BCUT2D eigenvalue weighted by Gasteiger charge is 1.98. The summed E-state index contributed by atoms with van der Waals surface area (Å²) in [6.45, 7) is 2.76. The lowest BCUT2D eigenvalue weighted by Crippen LogP contribution is -1.99. The van der Waals surface area contributed by atoms with Crippen molar-refractivity contribution in [2.45, 2.75) is 13.5 Å². The van der Waals surface area contributed by atoms with Crippen LogP contribution < -0.4 is 0 Å². The first-order valence-electron chi connectivity index (χ1n) is 4.81. The van der Waals surface area contributed by atoms with Crippen molar-refractivity contribution in [3.05, 3.63) is 53.3 Å². The number of carbonyl (C=O) groups excluding carboxylic acids is 1. The van der Waals surface area contributed by atoms with Gasteiger partial charge in [0.15, 0.2) is 6.29 Å². The van der Waals surface area contributed by atoms with Crippen LogP contribution in [0.3, 0.4) is 0 Å². The maximum Gasteiger partial charge on any atom is 0.153 e. The summed E-state index contributed by atoms with van der Waals surface area (Å²) in [4.78, 5) is 10.5. The molecule has 3 nitrogen and oxygen atoms in total. The molecule has 0 aliphatic heterocycles. The number of carbonyl (C=O) groups is 1. The molecule has 0 N–H and O–H groups in total. The molecular weight excluding hydrogens is 188 g/mol. The fourth-order valence-corrected chi connectivity index (χ4v) is 1.52. The molecule has 0 aliphatic rings. The van der Waals surface area contributed by atoms with Gasteiger partial charge in [0.25, 0.3) is 0 Å². The summed E-state index contributed by atoms with van der Waals surface area (Å²) in [5.41, 5.74) is 3.04. The van der Waals surface area contributed by atoms with Gasteiger partial charge >= 0.3 is 0 Å². The second-order valence-corrected chi connectivity index (χ2v) is 3.58. The zero-order valence-corrected chi connectivity index (χ0v) is 8.55. The largest absolute Gasteiger partial charge is 0.298 e. The van der Waals surface area contributed by atoms with E-state index in [1.54, 1.807) is 17.1 Å². The van der Waals surface area contributed by atoms with E-state index in [0.717, 1.165) is 6.29 Å². The minimum absolute atomic E-state index is 0.614. The lowest BCUT2D eigenvalue weighted by atomic mass is 10.1. The first-order valence-corrected chi connectivity index (χ1v) is 4.81. The monoisotopic (exact) mass is 200 g/mol. The zero-order valence-electron chi connectivity index (χ0n) is 8.55. The van der Waals surface area contributed by atoms with Crippen LogP contribution in [0.25, 0.3) is 0 Å². The highest BCUT2D eigenvalue weighted by atomic mass is 16.1. The Bertz CT molecular complexity index is 474. The van der Waals surface area contributed by atoms with Gasteiger partial charge in [-0.1, -0.05) is 29.8 Å². The van der Waals surface area contributed by atoms with Crippen molar-refractivity contribution in [2.24, 2.45) is 0 Å². The van der Waals surface area contributed by atoms with Gasteiger partial charge < -0.3 is 0 Å². The molecule has 1 aromatic carbocycles. The third kappa shape index (κ3) is 2.31. The maximum atomic E-state index is 10.5. The standard InChI is InChI=1S/C12H12N2O/c1-10-3-2-4-11(5-10)7-14-8-12(9-15)6-13-14/h2-6,8-9H,7H2,1H3. The maximum absolute atomic E-state index is 10.5. The Hall–Kier alpha value is -1.90. The average molecular weight is 200 g/mol. The second kappa shape index (κ2) is 4.09.